The van der Waals surface area contributed by atoms with Crippen LogP contribution in [0.2, 0.25) is 0 Å². The Morgan fingerprint density at radius 2 is 2.42 bits per heavy atom. The van der Waals surface area contributed by atoms with Crippen molar-refractivity contribution in [1.29, 1.82) is 0 Å². The highest BCUT2D eigenvalue weighted by atomic mass is 16.5. The highest BCUT2D eigenvalue weighted by Crippen LogP contribution is 2.23. The van der Waals surface area contributed by atoms with Crippen molar-refractivity contribution in [3.8, 4) is 0 Å². The van der Waals surface area contributed by atoms with Crippen LogP contribution in [0.4, 0.5) is 0 Å². The van der Waals surface area contributed by atoms with Crippen LogP contribution < -0.4 is 10.6 Å². The van der Waals surface area contributed by atoms with Crippen LogP contribution in [0.1, 0.15) is 19.8 Å². The zero-order valence-electron chi connectivity index (χ0n) is 7.73. The topological polar surface area (TPSA) is 33.3 Å². The normalized spacial score (nSPS) is 36.8. The molecule has 70 valence electrons. The lowest BCUT2D eigenvalue weighted by Gasteiger charge is -2.37. The molecule has 0 saturated carbocycles. The van der Waals surface area contributed by atoms with Crippen molar-refractivity contribution in [3.63, 3.8) is 0 Å². The number of rotatable bonds is 3. The van der Waals surface area contributed by atoms with E-state index in [1.165, 1.54) is 12.8 Å². The molecule has 0 radical (unpaired) electrons. The van der Waals surface area contributed by atoms with E-state index in [2.05, 4.69) is 17.6 Å². The van der Waals surface area contributed by atoms with Crippen molar-refractivity contribution in [1.82, 2.24) is 10.6 Å². The predicted octanol–water partition coefficient (Wildman–Crippen LogP) is 0.117. The number of nitrogens with one attached hydrogen (secondary N) is 2. The molecule has 2 rings (SSSR count). The van der Waals surface area contributed by atoms with E-state index in [4.69, 9.17) is 4.74 Å². The maximum Gasteiger partial charge on any atom is 0.0649 e. The molecule has 2 saturated heterocycles. The van der Waals surface area contributed by atoms with E-state index in [1.807, 2.05) is 0 Å². The van der Waals surface area contributed by atoms with Crippen molar-refractivity contribution in [2.75, 3.05) is 26.3 Å². The molecule has 2 aliphatic heterocycles. The lowest BCUT2D eigenvalue weighted by molar-refractivity contribution is 0.151. The Balaban J connectivity index is 1.87. The Labute approximate surface area is 73.9 Å². The van der Waals surface area contributed by atoms with Gasteiger partial charge in [0, 0.05) is 31.3 Å². The number of hydrogen-bond donors (Lipinski definition) is 2. The second-order valence-corrected chi connectivity index (χ2v) is 3.94. The first kappa shape index (κ1) is 8.48. The fourth-order valence-electron chi connectivity index (χ4n) is 1.93. The van der Waals surface area contributed by atoms with Gasteiger partial charge in [0.2, 0.25) is 0 Å². The van der Waals surface area contributed by atoms with Gasteiger partial charge in [0.1, 0.15) is 0 Å². The molecule has 2 heterocycles. The highest BCUT2D eigenvalue weighted by Gasteiger charge is 2.36. The third kappa shape index (κ3) is 1.49. The van der Waals surface area contributed by atoms with E-state index in [0.29, 0.717) is 11.6 Å². The maximum atomic E-state index is 5.44. The molecule has 3 heteroatoms. The largest absolute Gasteiger partial charge is 0.379 e. The molecular formula is C9H18N2O. The summed E-state index contributed by atoms with van der Waals surface area (Å²) in [6.07, 6.45) is 2.36. The van der Waals surface area contributed by atoms with Crippen LogP contribution in [0.5, 0.6) is 0 Å². The van der Waals surface area contributed by atoms with Gasteiger partial charge in [-0.05, 0) is 12.8 Å². The molecule has 2 N–H and O–H groups in total. The monoisotopic (exact) mass is 170 g/mol. The molecule has 0 aliphatic carbocycles. The van der Waals surface area contributed by atoms with Crippen LogP contribution in [0.3, 0.4) is 0 Å². The van der Waals surface area contributed by atoms with Crippen molar-refractivity contribution in [2.45, 2.75) is 31.3 Å². The molecule has 2 aliphatic rings. The summed E-state index contributed by atoms with van der Waals surface area (Å²) in [4.78, 5) is 0. The fourth-order valence-corrected chi connectivity index (χ4v) is 1.93. The minimum Gasteiger partial charge on any atom is -0.379 e. The van der Waals surface area contributed by atoms with Gasteiger partial charge >= 0.3 is 0 Å². The van der Waals surface area contributed by atoms with Crippen molar-refractivity contribution in [2.24, 2.45) is 0 Å². The summed E-state index contributed by atoms with van der Waals surface area (Å²) >= 11 is 0. The van der Waals surface area contributed by atoms with Crippen molar-refractivity contribution in [3.05, 3.63) is 0 Å². The molecule has 0 amide bonds. The Hall–Kier alpha value is -0.120. The van der Waals surface area contributed by atoms with Crippen LogP contribution in [-0.2, 0) is 4.74 Å². The first-order valence-electron chi connectivity index (χ1n) is 4.91. The Bertz CT molecular complexity index is 151. The summed E-state index contributed by atoms with van der Waals surface area (Å²) in [7, 11) is 0. The minimum absolute atomic E-state index is 0.298. The lowest BCUT2D eigenvalue weighted by Crippen LogP contribution is -2.62. The van der Waals surface area contributed by atoms with Gasteiger partial charge in [-0.15, -0.1) is 0 Å². The average Bonchev–Trinajstić information content (AvgIpc) is 2.46. The predicted molar refractivity (Wildman–Crippen MR) is 48.3 cm³/mol. The zero-order chi connectivity index (χ0) is 8.44. The Morgan fingerprint density at radius 3 is 2.83 bits per heavy atom. The lowest BCUT2D eigenvalue weighted by atomic mass is 9.93. The molecule has 0 aromatic rings. The summed E-state index contributed by atoms with van der Waals surface area (Å²) in [5, 5.41) is 6.96. The quantitative estimate of drug-likeness (QED) is 0.631. The van der Waals surface area contributed by atoms with Gasteiger partial charge < -0.3 is 15.4 Å². The molecule has 3 nitrogen and oxygen atoms in total. The second-order valence-electron chi connectivity index (χ2n) is 3.94. The molecule has 0 aromatic heterocycles. The number of hydrogen-bond acceptors (Lipinski definition) is 3. The van der Waals surface area contributed by atoms with E-state index in [9.17, 15) is 0 Å². The third-order valence-corrected chi connectivity index (χ3v) is 3.07. The first-order valence-corrected chi connectivity index (χ1v) is 4.91. The van der Waals surface area contributed by atoms with Gasteiger partial charge in [-0.3, -0.25) is 0 Å². The first-order chi connectivity index (χ1) is 5.85. The standard InChI is InChI=1S/C9H18N2O/c1-2-9(3-4-12-7-9)11-8-5-10-6-8/h8,10-11H,2-7H2,1H3. The van der Waals surface area contributed by atoms with Gasteiger partial charge in [0.15, 0.2) is 0 Å². The minimum atomic E-state index is 0.298. The molecule has 1 atom stereocenters. The van der Waals surface area contributed by atoms with Crippen molar-refractivity contribution < 1.29 is 4.74 Å². The van der Waals surface area contributed by atoms with Gasteiger partial charge in [-0.25, -0.2) is 0 Å². The molecule has 0 aromatic carbocycles. The summed E-state index contributed by atoms with van der Waals surface area (Å²) in [6.45, 7) is 6.33. The van der Waals surface area contributed by atoms with Crippen molar-refractivity contribution >= 4 is 0 Å². The van der Waals surface area contributed by atoms with Crippen LogP contribution in [0.15, 0.2) is 0 Å². The highest BCUT2D eigenvalue weighted by molar-refractivity contribution is 4.96. The van der Waals surface area contributed by atoms with Gasteiger partial charge in [0.25, 0.3) is 0 Å². The van der Waals surface area contributed by atoms with E-state index < -0.39 is 0 Å². The summed E-state index contributed by atoms with van der Waals surface area (Å²) in [5.74, 6) is 0. The van der Waals surface area contributed by atoms with E-state index in [0.717, 1.165) is 26.3 Å². The summed E-state index contributed by atoms with van der Waals surface area (Å²) in [5.41, 5.74) is 0.298. The Morgan fingerprint density at radius 1 is 1.58 bits per heavy atom. The van der Waals surface area contributed by atoms with E-state index >= 15 is 0 Å². The maximum absolute atomic E-state index is 5.44. The summed E-state index contributed by atoms with van der Waals surface area (Å²) in [6, 6.07) is 0.687. The smallest absolute Gasteiger partial charge is 0.0649 e. The molecule has 1 unspecified atom stereocenters. The fraction of sp³-hybridized carbons (Fsp3) is 1.00. The summed E-state index contributed by atoms with van der Waals surface area (Å²) < 4.78 is 5.44. The molecule has 0 spiro atoms. The molecule has 2 fully saturated rings. The van der Waals surface area contributed by atoms with Gasteiger partial charge in [-0.2, -0.15) is 0 Å². The van der Waals surface area contributed by atoms with Crippen LogP contribution in [0.25, 0.3) is 0 Å². The van der Waals surface area contributed by atoms with E-state index in [1.54, 1.807) is 0 Å². The Kier molecular flexibility index (Phi) is 2.35. The molecule has 12 heavy (non-hydrogen) atoms. The van der Waals surface area contributed by atoms with Crippen LogP contribution >= 0.6 is 0 Å². The van der Waals surface area contributed by atoms with Crippen LogP contribution in [0, 0.1) is 0 Å². The van der Waals surface area contributed by atoms with Gasteiger partial charge in [-0.1, -0.05) is 6.92 Å². The van der Waals surface area contributed by atoms with Gasteiger partial charge in [0.05, 0.1) is 6.61 Å². The zero-order valence-corrected chi connectivity index (χ0v) is 7.73. The SMILES string of the molecule is CCC1(NC2CNC2)CCOC1. The number of ether oxygens (including phenoxy) is 1. The third-order valence-electron chi connectivity index (χ3n) is 3.07. The average molecular weight is 170 g/mol. The second kappa shape index (κ2) is 3.32. The van der Waals surface area contributed by atoms with Crippen LogP contribution in [-0.4, -0.2) is 37.9 Å². The molecular weight excluding hydrogens is 152 g/mol. The molecule has 0 bridgehead atoms. The van der Waals surface area contributed by atoms with E-state index in [-0.39, 0.29) is 0 Å².